The molecule has 2 aliphatic rings. The van der Waals surface area contributed by atoms with Crippen molar-refractivity contribution in [3.63, 3.8) is 0 Å². The molecule has 3 rings (SSSR count). The van der Waals surface area contributed by atoms with E-state index in [1.165, 1.54) is 42.8 Å². The van der Waals surface area contributed by atoms with Crippen molar-refractivity contribution >= 4 is 17.2 Å². The van der Waals surface area contributed by atoms with Crippen LogP contribution in [0.4, 0.5) is 0 Å². The van der Waals surface area contributed by atoms with Crippen LogP contribution in [0.5, 0.6) is 0 Å². The lowest BCUT2D eigenvalue weighted by atomic mass is 9.90. The van der Waals surface area contributed by atoms with Crippen molar-refractivity contribution in [2.75, 3.05) is 39.3 Å². The molecule has 0 spiro atoms. The Morgan fingerprint density at radius 2 is 1.92 bits per heavy atom. The summed E-state index contributed by atoms with van der Waals surface area (Å²) < 4.78 is 0. The highest BCUT2D eigenvalue weighted by Gasteiger charge is 2.21. The minimum atomic E-state index is 0.159. The molecule has 0 radical (unpaired) electrons. The molecule has 5 nitrogen and oxygen atoms in total. The highest BCUT2D eigenvalue weighted by molar-refractivity contribution is 7.09. The average Bonchev–Trinajstić information content (AvgIpc) is 3.11. The third kappa shape index (κ3) is 5.76. The maximum absolute atomic E-state index is 11.8. The first-order valence-electron chi connectivity index (χ1n) is 9.90. The largest absolute Gasteiger partial charge is 0.355 e. The van der Waals surface area contributed by atoms with Crippen LogP contribution in [0, 0.1) is 0 Å². The number of amides is 1. The van der Waals surface area contributed by atoms with E-state index >= 15 is 0 Å². The first-order chi connectivity index (χ1) is 12.2. The van der Waals surface area contributed by atoms with E-state index < -0.39 is 0 Å². The molecule has 0 unspecified atom stereocenters. The summed E-state index contributed by atoms with van der Waals surface area (Å²) in [6.07, 6.45) is 7.78. The van der Waals surface area contributed by atoms with E-state index in [0.29, 0.717) is 12.5 Å². The van der Waals surface area contributed by atoms with Crippen LogP contribution in [0.15, 0.2) is 5.38 Å². The number of nitrogens with zero attached hydrogens (tertiary/aromatic N) is 3. The molecule has 1 saturated heterocycles. The quantitative estimate of drug-likeness (QED) is 0.808. The van der Waals surface area contributed by atoms with Crippen molar-refractivity contribution in [2.24, 2.45) is 0 Å². The van der Waals surface area contributed by atoms with Crippen LogP contribution in [0.2, 0.25) is 0 Å². The van der Waals surface area contributed by atoms with Crippen molar-refractivity contribution in [3.05, 3.63) is 16.1 Å². The number of rotatable bonds is 7. The normalized spacial score (nSPS) is 20.7. The molecule has 0 atom stereocenters. The number of carbonyl (C=O) groups excluding carboxylic acids is 1. The minimum Gasteiger partial charge on any atom is -0.355 e. The first kappa shape index (κ1) is 18.8. The Balaban J connectivity index is 1.40. The van der Waals surface area contributed by atoms with E-state index in [-0.39, 0.29) is 5.91 Å². The molecule has 0 bridgehead atoms. The Bertz CT molecular complexity index is 533. The van der Waals surface area contributed by atoms with E-state index in [4.69, 9.17) is 4.98 Å². The molecule has 1 N–H and O–H groups in total. The zero-order chi connectivity index (χ0) is 17.5. The van der Waals surface area contributed by atoms with Crippen LogP contribution < -0.4 is 5.32 Å². The Morgan fingerprint density at radius 3 is 2.64 bits per heavy atom. The van der Waals surface area contributed by atoms with Crippen LogP contribution in [-0.2, 0) is 11.3 Å². The lowest BCUT2D eigenvalue weighted by molar-refractivity contribution is -0.122. The number of carbonyl (C=O) groups is 1. The molecule has 25 heavy (non-hydrogen) atoms. The van der Waals surface area contributed by atoms with Gasteiger partial charge in [0.05, 0.1) is 17.2 Å². The maximum Gasteiger partial charge on any atom is 0.234 e. The Labute approximate surface area is 155 Å². The Morgan fingerprint density at radius 1 is 1.20 bits per heavy atom. The van der Waals surface area contributed by atoms with E-state index in [1.54, 1.807) is 0 Å². The number of hydrogen-bond acceptors (Lipinski definition) is 5. The van der Waals surface area contributed by atoms with Crippen molar-refractivity contribution in [3.8, 4) is 0 Å². The molecule has 0 aromatic carbocycles. The summed E-state index contributed by atoms with van der Waals surface area (Å²) in [7, 11) is 0. The number of aromatic nitrogens is 1. The third-order valence-corrected chi connectivity index (χ3v) is 6.37. The highest BCUT2D eigenvalue weighted by Crippen LogP contribution is 2.34. The SMILES string of the molecule is CCCNC(=O)CN1CCN(Cc2csc(C3CCCCC3)n2)CC1. The summed E-state index contributed by atoms with van der Waals surface area (Å²) in [6, 6.07) is 0. The fourth-order valence-corrected chi connectivity index (χ4v) is 4.77. The van der Waals surface area contributed by atoms with Gasteiger partial charge in [-0.3, -0.25) is 14.6 Å². The second-order valence-corrected chi connectivity index (χ2v) is 8.30. The van der Waals surface area contributed by atoms with Gasteiger partial charge in [-0.25, -0.2) is 4.98 Å². The Kier molecular flexibility index (Phi) is 7.25. The summed E-state index contributed by atoms with van der Waals surface area (Å²) >= 11 is 1.86. The molecule has 1 aromatic rings. The molecular formula is C19H32N4OS. The molecule has 1 aliphatic carbocycles. The van der Waals surface area contributed by atoms with Crippen LogP contribution in [-0.4, -0.2) is 60.0 Å². The van der Waals surface area contributed by atoms with Gasteiger partial charge in [0, 0.05) is 50.6 Å². The molecule has 1 saturated carbocycles. The standard InChI is InChI=1S/C19H32N4OS/c1-2-8-20-18(24)14-23-11-9-22(10-12-23)13-17-15-25-19(21-17)16-6-4-3-5-7-16/h15-16H,2-14H2,1H3,(H,20,24). The van der Waals surface area contributed by atoms with Gasteiger partial charge in [0.15, 0.2) is 0 Å². The minimum absolute atomic E-state index is 0.159. The van der Waals surface area contributed by atoms with Crippen LogP contribution in [0.25, 0.3) is 0 Å². The van der Waals surface area contributed by atoms with Crippen LogP contribution in [0.1, 0.15) is 62.1 Å². The van der Waals surface area contributed by atoms with E-state index in [0.717, 1.165) is 45.7 Å². The van der Waals surface area contributed by atoms with Crippen LogP contribution >= 0.6 is 11.3 Å². The molecule has 2 heterocycles. The lowest BCUT2D eigenvalue weighted by Crippen LogP contribution is -2.49. The summed E-state index contributed by atoms with van der Waals surface area (Å²) in [5.74, 6) is 0.873. The lowest BCUT2D eigenvalue weighted by Gasteiger charge is -2.33. The van der Waals surface area contributed by atoms with Gasteiger partial charge in [-0.2, -0.15) is 0 Å². The number of piperazine rings is 1. The molecule has 1 amide bonds. The third-order valence-electron chi connectivity index (χ3n) is 5.31. The van der Waals surface area contributed by atoms with Gasteiger partial charge in [0.2, 0.25) is 5.91 Å². The molecule has 140 valence electrons. The van der Waals surface area contributed by atoms with Gasteiger partial charge >= 0.3 is 0 Å². The summed E-state index contributed by atoms with van der Waals surface area (Å²) in [5.41, 5.74) is 1.24. The van der Waals surface area contributed by atoms with Crippen molar-refractivity contribution < 1.29 is 4.79 Å². The van der Waals surface area contributed by atoms with Gasteiger partial charge in [0.1, 0.15) is 0 Å². The fourth-order valence-electron chi connectivity index (χ4n) is 3.79. The second kappa shape index (κ2) is 9.64. The predicted molar refractivity (Wildman–Crippen MR) is 103 cm³/mol. The zero-order valence-corrected chi connectivity index (χ0v) is 16.3. The summed E-state index contributed by atoms with van der Waals surface area (Å²) in [6.45, 7) is 8.35. The van der Waals surface area contributed by atoms with E-state index in [1.807, 2.05) is 11.3 Å². The zero-order valence-electron chi connectivity index (χ0n) is 15.5. The summed E-state index contributed by atoms with van der Waals surface area (Å²) in [5, 5.41) is 6.58. The molecule has 2 fully saturated rings. The Hall–Kier alpha value is -0.980. The highest BCUT2D eigenvalue weighted by atomic mass is 32.1. The second-order valence-electron chi connectivity index (χ2n) is 7.41. The van der Waals surface area contributed by atoms with Gasteiger partial charge in [-0.15, -0.1) is 11.3 Å². The van der Waals surface area contributed by atoms with Gasteiger partial charge < -0.3 is 5.32 Å². The topological polar surface area (TPSA) is 48.5 Å². The van der Waals surface area contributed by atoms with Gasteiger partial charge in [-0.05, 0) is 19.3 Å². The molecule has 1 aromatic heterocycles. The number of nitrogens with one attached hydrogen (secondary N) is 1. The predicted octanol–water partition coefficient (Wildman–Crippen LogP) is 2.83. The van der Waals surface area contributed by atoms with E-state index in [2.05, 4.69) is 27.4 Å². The average molecular weight is 365 g/mol. The van der Waals surface area contributed by atoms with Crippen molar-refractivity contribution in [2.45, 2.75) is 57.9 Å². The molecule has 1 aliphatic heterocycles. The van der Waals surface area contributed by atoms with Crippen molar-refractivity contribution in [1.29, 1.82) is 0 Å². The number of hydrogen-bond donors (Lipinski definition) is 1. The monoisotopic (exact) mass is 364 g/mol. The van der Waals surface area contributed by atoms with Crippen molar-refractivity contribution in [1.82, 2.24) is 20.1 Å². The van der Waals surface area contributed by atoms with Crippen LogP contribution in [0.3, 0.4) is 0 Å². The fraction of sp³-hybridized carbons (Fsp3) is 0.789. The van der Waals surface area contributed by atoms with Gasteiger partial charge in [-0.1, -0.05) is 26.2 Å². The maximum atomic E-state index is 11.8. The van der Waals surface area contributed by atoms with E-state index in [9.17, 15) is 4.79 Å². The number of thiazole rings is 1. The molecular weight excluding hydrogens is 332 g/mol. The smallest absolute Gasteiger partial charge is 0.234 e. The summed E-state index contributed by atoms with van der Waals surface area (Å²) in [4.78, 5) is 21.5. The molecule has 6 heteroatoms. The van der Waals surface area contributed by atoms with Gasteiger partial charge in [0.25, 0.3) is 0 Å². The first-order valence-corrected chi connectivity index (χ1v) is 10.8.